The molecule has 2 heterocycles. The van der Waals surface area contributed by atoms with Crippen LogP contribution in [-0.2, 0) is 10.2 Å². The van der Waals surface area contributed by atoms with Crippen LogP contribution in [0, 0.1) is 0 Å². The van der Waals surface area contributed by atoms with E-state index >= 15 is 0 Å². The molecule has 0 saturated carbocycles. The average molecular weight is 322 g/mol. The SMILES string of the molecule is CCNCC1CCCCN1S(=O)(=O)N1CCCSCC1. The minimum absolute atomic E-state index is 0.129. The molecule has 1 atom stereocenters. The van der Waals surface area contributed by atoms with Crippen LogP contribution < -0.4 is 5.32 Å². The molecule has 2 aliphatic heterocycles. The monoisotopic (exact) mass is 321 g/mol. The quantitative estimate of drug-likeness (QED) is 0.825. The second kappa shape index (κ2) is 7.98. The molecule has 0 aromatic heterocycles. The van der Waals surface area contributed by atoms with Gasteiger partial charge in [0.25, 0.3) is 10.2 Å². The van der Waals surface area contributed by atoms with Gasteiger partial charge < -0.3 is 5.32 Å². The van der Waals surface area contributed by atoms with E-state index in [2.05, 4.69) is 12.2 Å². The van der Waals surface area contributed by atoms with Gasteiger partial charge in [-0.15, -0.1) is 0 Å². The van der Waals surface area contributed by atoms with Crippen LogP contribution >= 0.6 is 11.8 Å². The predicted molar refractivity (Wildman–Crippen MR) is 85.3 cm³/mol. The van der Waals surface area contributed by atoms with Crippen molar-refractivity contribution in [3.05, 3.63) is 0 Å². The summed E-state index contributed by atoms with van der Waals surface area (Å²) in [5.41, 5.74) is 0. The molecule has 2 rings (SSSR count). The zero-order valence-corrected chi connectivity index (χ0v) is 14.0. The van der Waals surface area contributed by atoms with E-state index < -0.39 is 10.2 Å². The molecule has 0 bridgehead atoms. The van der Waals surface area contributed by atoms with Crippen molar-refractivity contribution in [3.8, 4) is 0 Å². The Hall–Kier alpha value is 0.180. The molecular formula is C13H27N3O2S2. The van der Waals surface area contributed by atoms with E-state index in [0.29, 0.717) is 19.6 Å². The molecule has 2 aliphatic rings. The molecule has 0 aliphatic carbocycles. The van der Waals surface area contributed by atoms with E-state index in [9.17, 15) is 8.42 Å². The highest BCUT2D eigenvalue weighted by Crippen LogP contribution is 2.24. The van der Waals surface area contributed by atoms with Crippen LogP contribution in [0.5, 0.6) is 0 Å². The van der Waals surface area contributed by atoms with Gasteiger partial charge in [-0.2, -0.15) is 28.8 Å². The average Bonchev–Trinajstić information content (AvgIpc) is 2.75. The second-order valence-corrected chi connectivity index (χ2v) is 8.55. The van der Waals surface area contributed by atoms with Gasteiger partial charge in [-0.05, 0) is 31.6 Å². The third-order valence-electron chi connectivity index (χ3n) is 4.01. The summed E-state index contributed by atoms with van der Waals surface area (Å²) in [7, 11) is -3.27. The van der Waals surface area contributed by atoms with Crippen LogP contribution in [0.4, 0.5) is 0 Å². The van der Waals surface area contributed by atoms with E-state index in [-0.39, 0.29) is 6.04 Å². The van der Waals surface area contributed by atoms with E-state index in [0.717, 1.165) is 50.3 Å². The topological polar surface area (TPSA) is 52.7 Å². The predicted octanol–water partition coefficient (Wildman–Crippen LogP) is 1.13. The molecule has 1 unspecified atom stereocenters. The molecule has 0 amide bonds. The smallest absolute Gasteiger partial charge is 0.282 e. The maximum absolute atomic E-state index is 12.9. The number of likely N-dealkylation sites (N-methyl/N-ethyl adjacent to an activating group) is 1. The van der Waals surface area contributed by atoms with Crippen LogP contribution in [0.3, 0.4) is 0 Å². The number of nitrogens with zero attached hydrogens (tertiary/aromatic N) is 2. The largest absolute Gasteiger partial charge is 0.315 e. The van der Waals surface area contributed by atoms with E-state index in [1.165, 1.54) is 0 Å². The number of hydrogen-bond donors (Lipinski definition) is 1. The van der Waals surface area contributed by atoms with Crippen LogP contribution in [0.1, 0.15) is 32.6 Å². The fourth-order valence-electron chi connectivity index (χ4n) is 2.89. The summed E-state index contributed by atoms with van der Waals surface area (Å²) in [6, 6.07) is 0.129. The molecule has 7 heteroatoms. The van der Waals surface area contributed by atoms with Gasteiger partial charge in [-0.1, -0.05) is 13.3 Å². The Morgan fingerprint density at radius 2 is 2.00 bits per heavy atom. The maximum Gasteiger partial charge on any atom is 0.282 e. The molecule has 0 aromatic carbocycles. The molecule has 118 valence electrons. The van der Waals surface area contributed by atoms with E-state index in [4.69, 9.17) is 0 Å². The Balaban J connectivity index is 2.07. The van der Waals surface area contributed by atoms with Crippen molar-refractivity contribution in [3.63, 3.8) is 0 Å². The van der Waals surface area contributed by atoms with E-state index in [1.807, 2.05) is 11.8 Å². The minimum atomic E-state index is -3.27. The summed E-state index contributed by atoms with van der Waals surface area (Å²) in [5.74, 6) is 2.00. The lowest BCUT2D eigenvalue weighted by Gasteiger charge is -2.37. The number of nitrogens with one attached hydrogen (secondary N) is 1. The fraction of sp³-hybridized carbons (Fsp3) is 1.00. The fourth-order valence-corrected chi connectivity index (χ4v) is 5.79. The maximum atomic E-state index is 12.9. The highest BCUT2D eigenvalue weighted by atomic mass is 32.2. The Kier molecular flexibility index (Phi) is 6.61. The number of piperidine rings is 1. The summed E-state index contributed by atoms with van der Waals surface area (Å²) in [4.78, 5) is 0. The first-order valence-corrected chi connectivity index (χ1v) is 10.3. The van der Waals surface area contributed by atoms with Gasteiger partial charge in [0.15, 0.2) is 0 Å². The van der Waals surface area contributed by atoms with Gasteiger partial charge in [0.1, 0.15) is 0 Å². The minimum Gasteiger partial charge on any atom is -0.315 e. The molecule has 5 nitrogen and oxygen atoms in total. The van der Waals surface area contributed by atoms with Crippen molar-refractivity contribution >= 4 is 22.0 Å². The summed E-state index contributed by atoms with van der Waals surface area (Å²) in [5, 5.41) is 3.31. The van der Waals surface area contributed by atoms with Crippen LogP contribution in [0.25, 0.3) is 0 Å². The summed E-state index contributed by atoms with van der Waals surface area (Å²) in [6.07, 6.45) is 4.08. The lowest BCUT2D eigenvalue weighted by atomic mass is 10.1. The third-order valence-corrected chi connectivity index (χ3v) is 7.15. The van der Waals surface area contributed by atoms with Gasteiger partial charge >= 0.3 is 0 Å². The Bertz CT molecular complexity index is 381. The van der Waals surface area contributed by atoms with Gasteiger partial charge in [0, 0.05) is 38.0 Å². The van der Waals surface area contributed by atoms with Crippen molar-refractivity contribution in [2.24, 2.45) is 0 Å². The second-order valence-electron chi connectivity index (χ2n) is 5.44. The first-order valence-electron chi connectivity index (χ1n) is 7.71. The highest BCUT2D eigenvalue weighted by molar-refractivity contribution is 7.99. The first-order chi connectivity index (χ1) is 9.66. The zero-order valence-electron chi connectivity index (χ0n) is 12.4. The van der Waals surface area contributed by atoms with Crippen LogP contribution in [0.2, 0.25) is 0 Å². The normalized spacial score (nSPS) is 27.4. The van der Waals surface area contributed by atoms with Gasteiger partial charge in [0.2, 0.25) is 0 Å². The molecule has 20 heavy (non-hydrogen) atoms. The Morgan fingerprint density at radius 1 is 1.15 bits per heavy atom. The molecule has 0 spiro atoms. The number of rotatable bonds is 5. The molecule has 2 saturated heterocycles. The van der Waals surface area contributed by atoms with Gasteiger partial charge in [-0.3, -0.25) is 0 Å². The molecule has 0 aromatic rings. The summed E-state index contributed by atoms with van der Waals surface area (Å²) >= 11 is 1.86. The number of hydrogen-bond acceptors (Lipinski definition) is 4. The van der Waals surface area contributed by atoms with Gasteiger partial charge in [0.05, 0.1) is 0 Å². The highest BCUT2D eigenvalue weighted by Gasteiger charge is 2.36. The molecule has 1 N–H and O–H groups in total. The van der Waals surface area contributed by atoms with Crippen LogP contribution in [-0.4, -0.2) is 67.3 Å². The van der Waals surface area contributed by atoms with Crippen molar-refractivity contribution in [2.45, 2.75) is 38.6 Å². The van der Waals surface area contributed by atoms with Crippen molar-refractivity contribution in [2.75, 3.05) is 44.2 Å². The molecular weight excluding hydrogens is 294 g/mol. The van der Waals surface area contributed by atoms with Crippen molar-refractivity contribution in [1.29, 1.82) is 0 Å². The van der Waals surface area contributed by atoms with E-state index in [1.54, 1.807) is 8.61 Å². The Labute approximate surface area is 127 Å². The standard InChI is InChI=1S/C13H27N3O2S2/c1-2-14-12-13-6-3-4-8-16(13)20(17,18)15-7-5-10-19-11-9-15/h13-14H,2-12H2,1H3. The van der Waals surface area contributed by atoms with Crippen molar-refractivity contribution in [1.82, 2.24) is 13.9 Å². The van der Waals surface area contributed by atoms with Gasteiger partial charge in [-0.25, -0.2) is 0 Å². The molecule has 2 fully saturated rings. The zero-order chi connectivity index (χ0) is 14.4. The molecule has 0 radical (unpaired) electrons. The first kappa shape index (κ1) is 16.5. The van der Waals surface area contributed by atoms with Crippen LogP contribution in [0.15, 0.2) is 0 Å². The lowest BCUT2D eigenvalue weighted by molar-refractivity contribution is 0.228. The lowest BCUT2D eigenvalue weighted by Crippen LogP contribution is -2.53. The summed E-state index contributed by atoms with van der Waals surface area (Å²) in [6.45, 7) is 5.76. The summed E-state index contributed by atoms with van der Waals surface area (Å²) < 4.78 is 29.2. The Morgan fingerprint density at radius 3 is 2.80 bits per heavy atom. The third kappa shape index (κ3) is 4.10. The van der Waals surface area contributed by atoms with Crippen molar-refractivity contribution < 1.29 is 8.42 Å². The number of thioether (sulfide) groups is 1.